The zero-order valence-electron chi connectivity index (χ0n) is 20.8. The summed E-state index contributed by atoms with van der Waals surface area (Å²) in [5.41, 5.74) is 2.72. The predicted molar refractivity (Wildman–Crippen MR) is 136 cm³/mol. The zero-order valence-corrected chi connectivity index (χ0v) is 20.8. The number of likely N-dealkylation sites (tertiary alicyclic amines) is 1. The Bertz CT molecular complexity index is 1310. The average Bonchev–Trinajstić information content (AvgIpc) is 3.14. The number of aromatic nitrogens is 2. The molecule has 0 atom stereocenters. The van der Waals surface area contributed by atoms with E-state index < -0.39 is 18.1 Å². The fraction of sp³-hybridized carbons (Fsp3) is 0.429. The molecule has 4 rings (SSSR count). The maximum absolute atomic E-state index is 13.3. The van der Waals surface area contributed by atoms with Gasteiger partial charge < -0.3 is 14.8 Å². The van der Waals surface area contributed by atoms with E-state index >= 15 is 0 Å². The van der Waals surface area contributed by atoms with Crippen LogP contribution in [-0.2, 0) is 18.4 Å². The number of rotatable bonds is 7. The number of pyridine rings is 1. The van der Waals surface area contributed by atoms with Crippen LogP contribution < -0.4 is 5.32 Å². The quantitative estimate of drug-likeness (QED) is 0.451. The maximum Gasteiger partial charge on any atom is 0.406 e. The minimum absolute atomic E-state index is 0.247. The second-order valence-electron chi connectivity index (χ2n) is 10.1. The molecule has 1 N–H and O–H groups in total. The zero-order chi connectivity index (χ0) is 25.9. The number of nitrogens with one attached hydrogen (secondary N) is 1. The van der Waals surface area contributed by atoms with Gasteiger partial charge in [-0.15, -0.1) is 0 Å². The van der Waals surface area contributed by atoms with Crippen molar-refractivity contribution in [2.45, 2.75) is 44.8 Å². The van der Waals surface area contributed by atoms with E-state index in [1.54, 1.807) is 38.2 Å². The first kappa shape index (κ1) is 25.6. The molecule has 5 nitrogen and oxygen atoms in total. The van der Waals surface area contributed by atoms with Crippen molar-refractivity contribution < 1.29 is 13.2 Å². The number of aryl methyl sites for hydroxylation is 1. The van der Waals surface area contributed by atoms with Crippen LogP contribution in [0.3, 0.4) is 0 Å². The monoisotopic (exact) mass is 493 g/mol. The molecule has 0 spiro atoms. The van der Waals surface area contributed by atoms with E-state index in [1.807, 2.05) is 18.2 Å². The van der Waals surface area contributed by atoms with Crippen molar-refractivity contribution in [3.05, 3.63) is 59.5 Å². The number of hydrogen-bond donors (Lipinski definition) is 1. The second-order valence-corrected chi connectivity index (χ2v) is 10.1. The van der Waals surface area contributed by atoms with Crippen molar-refractivity contribution in [2.75, 3.05) is 32.0 Å². The van der Waals surface area contributed by atoms with E-state index in [0.717, 1.165) is 42.6 Å². The molecule has 1 aliphatic rings. The molecule has 1 aromatic carbocycles. The van der Waals surface area contributed by atoms with Crippen molar-refractivity contribution in [1.29, 1.82) is 5.26 Å². The van der Waals surface area contributed by atoms with Crippen molar-refractivity contribution in [3.63, 3.8) is 0 Å². The van der Waals surface area contributed by atoms with Crippen molar-refractivity contribution in [3.8, 4) is 17.9 Å². The minimum atomic E-state index is -4.35. The molecule has 0 saturated carbocycles. The highest BCUT2D eigenvalue weighted by molar-refractivity contribution is 5.83. The topological polar surface area (TPSA) is 56.9 Å². The Balaban J connectivity index is 1.48. The van der Waals surface area contributed by atoms with E-state index in [0.29, 0.717) is 22.8 Å². The Labute approximate surface area is 209 Å². The third kappa shape index (κ3) is 6.19. The molecule has 188 valence electrons. The number of hydrogen-bond acceptors (Lipinski definition) is 4. The van der Waals surface area contributed by atoms with Gasteiger partial charge in [-0.05, 0) is 81.5 Å². The number of nitriles is 1. The third-order valence-corrected chi connectivity index (χ3v) is 6.56. The van der Waals surface area contributed by atoms with Gasteiger partial charge in [0.05, 0.1) is 41.3 Å². The van der Waals surface area contributed by atoms with Crippen LogP contribution in [0.5, 0.6) is 0 Å². The SMILES string of the molecule is CN1CC(CCc2ccc3c(c2)cc(C#CCNc2ccc(C(C)(C)C#N)nc2)n3CC(F)(F)F)C1. The van der Waals surface area contributed by atoms with Gasteiger partial charge in [0, 0.05) is 24.0 Å². The molecular weight excluding hydrogens is 463 g/mol. The molecule has 0 amide bonds. The first-order valence-corrected chi connectivity index (χ1v) is 12.0. The van der Waals surface area contributed by atoms with Crippen LogP contribution >= 0.6 is 0 Å². The van der Waals surface area contributed by atoms with Gasteiger partial charge in [0.2, 0.25) is 0 Å². The van der Waals surface area contributed by atoms with E-state index in [9.17, 15) is 18.4 Å². The fourth-order valence-corrected chi connectivity index (χ4v) is 4.52. The summed E-state index contributed by atoms with van der Waals surface area (Å²) in [6, 6.07) is 13.3. The average molecular weight is 494 g/mol. The Morgan fingerprint density at radius 2 is 1.92 bits per heavy atom. The number of anilines is 1. The molecule has 2 aromatic heterocycles. The highest BCUT2D eigenvalue weighted by Gasteiger charge is 2.30. The summed E-state index contributed by atoms with van der Waals surface area (Å²) in [5, 5.41) is 13.1. The summed E-state index contributed by atoms with van der Waals surface area (Å²) < 4.78 is 41.2. The molecule has 1 aliphatic heterocycles. The van der Waals surface area contributed by atoms with Crippen molar-refractivity contribution >= 4 is 16.6 Å². The lowest BCUT2D eigenvalue weighted by Gasteiger charge is -2.36. The van der Waals surface area contributed by atoms with Gasteiger partial charge in [-0.25, -0.2) is 0 Å². The largest absolute Gasteiger partial charge is 0.406 e. The van der Waals surface area contributed by atoms with Crippen LogP contribution in [0.25, 0.3) is 10.9 Å². The van der Waals surface area contributed by atoms with Crippen LogP contribution in [0.15, 0.2) is 42.6 Å². The molecule has 1 saturated heterocycles. The van der Waals surface area contributed by atoms with Crippen LogP contribution in [0.4, 0.5) is 18.9 Å². The molecule has 1 fully saturated rings. The summed E-state index contributed by atoms with van der Waals surface area (Å²) in [5.74, 6) is 6.54. The van der Waals surface area contributed by atoms with Gasteiger partial charge >= 0.3 is 6.18 Å². The number of benzene rings is 1. The third-order valence-electron chi connectivity index (χ3n) is 6.56. The van der Waals surface area contributed by atoms with E-state index in [2.05, 4.69) is 40.2 Å². The number of halogens is 3. The number of nitrogens with zero attached hydrogens (tertiary/aromatic N) is 4. The van der Waals surface area contributed by atoms with Crippen molar-refractivity contribution in [2.24, 2.45) is 5.92 Å². The summed E-state index contributed by atoms with van der Waals surface area (Å²) in [7, 11) is 2.11. The van der Waals surface area contributed by atoms with Crippen molar-refractivity contribution in [1.82, 2.24) is 14.5 Å². The van der Waals surface area contributed by atoms with Gasteiger partial charge in [-0.2, -0.15) is 18.4 Å². The lowest BCUT2D eigenvalue weighted by Crippen LogP contribution is -2.43. The highest BCUT2D eigenvalue weighted by atomic mass is 19.4. The second kappa shape index (κ2) is 10.2. The minimum Gasteiger partial charge on any atom is -0.373 e. The first-order valence-electron chi connectivity index (χ1n) is 12.0. The maximum atomic E-state index is 13.3. The van der Waals surface area contributed by atoms with Gasteiger partial charge in [-0.1, -0.05) is 12.0 Å². The number of fused-ring (bicyclic) bond motifs is 1. The van der Waals surface area contributed by atoms with Crippen LogP contribution in [-0.4, -0.2) is 47.3 Å². The Morgan fingerprint density at radius 3 is 2.56 bits per heavy atom. The normalized spacial score (nSPS) is 14.7. The molecule has 3 aromatic rings. The molecule has 0 bridgehead atoms. The highest BCUT2D eigenvalue weighted by Crippen LogP contribution is 2.28. The smallest absolute Gasteiger partial charge is 0.373 e. The lowest BCUT2D eigenvalue weighted by molar-refractivity contribution is -0.140. The summed E-state index contributed by atoms with van der Waals surface area (Å²) in [4.78, 5) is 6.61. The lowest BCUT2D eigenvalue weighted by atomic mass is 9.91. The van der Waals surface area contributed by atoms with Crippen LogP contribution in [0.2, 0.25) is 0 Å². The van der Waals surface area contributed by atoms with Crippen LogP contribution in [0, 0.1) is 29.1 Å². The number of alkyl halides is 3. The van der Waals surface area contributed by atoms with Gasteiger partial charge in [0.25, 0.3) is 0 Å². The predicted octanol–water partition coefficient (Wildman–Crippen LogP) is 5.36. The fourth-order valence-electron chi connectivity index (χ4n) is 4.52. The molecule has 36 heavy (non-hydrogen) atoms. The van der Waals surface area contributed by atoms with Crippen LogP contribution in [0.1, 0.15) is 37.2 Å². The molecule has 0 aliphatic carbocycles. The van der Waals surface area contributed by atoms with E-state index in [-0.39, 0.29) is 6.54 Å². The molecule has 3 heterocycles. The Kier molecular flexibility index (Phi) is 7.28. The summed E-state index contributed by atoms with van der Waals surface area (Å²) >= 11 is 0. The first-order chi connectivity index (χ1) is 17.0. The summed E-state index contributed by atoms with van der Waals surface area (Å²) in [6.45, 7) is 4.97. The molecule has 8 heteroatoms. The standard InChI is InChI=1S/C28H30F3N5/c1-27(2,18-32)26-11-9-23(15-34-26)33-12-4-5-24-14-22-13-20(6-7-21-16-35(3)17-21)8-10-25(22)36(24)19-28(29,30)31/h8-11,13-15,21,33H,6-7,12,16-17,19H2,1-3H3. The Hall–Kier alpha value is -3.49. The molecule has 0 unspecified atom stereocenters. The Morgan fingerprint density at radius 1 is 1.14 bits per heavy atom. The van der Waals surface area contributed by atoms with E-state index in [1.165, 1.54) is 4.57 Å². The molecular formula is C28H30F3N5. The molecule has 0 radical (unpaired) electrons. The van der Waals surface area contributed by atoms with Gasteiger partial charge in [0.1, 0.15) is 6.54 Å². The summed E-state index contributed by atoms with van der Waals surface area (Å²) in [6.07, 6.45) is -0.719. The van der Waals surface area contributed by atoms with E-state index in [4.69, 9.17) is 0 Å². The van der Waals surface area contributed by atoms with Gasteiger partial charge in [-0.3, -0.25) is 4.98 Å². The van der Waals surface area contributed by atoms with Gasteiger partial charge in [0.15, 0.2) is 0 Å².